The SMILES string of the molecule is CCOc1ccc(NC(=O)c2cc(Nc3cc(C)on3)ccn2)cc1. The maximum atomic E-state index is 12.4. The lowest BCUT2D eigenvalue weighted by Crippen LogP contribution is -2.13. The Hall–Kier alpha value is -3.35. The Morgan fingerprint density at radius 2 is 1.96 bits per heavy atom. The molecule has 0 spiro atoms. The number of rotatable bonds is 6. The van der Waals surface area contributed by atoms with E-state index in [-0.39, 0.29) is 5.91 Å². The molecule has 0 bridgehead atoms. The van der Waals surface area contributed by atoms with Crippen LogP contribution in [0.4, 0.5) is 17.2 Å². The van der Waals surface area contributed by atoms with Gasteiger partial charge in [-0.1, -0.05) is 5.16 Å². The van der Waals surface area contributed by atoms with Crippen molar-refractivity contribution in [3.8, 4) is 5.75 Å². The summed E-state index contributed by atoms with van der Waals surface area (Å²) in [5.74, 6) is 1.73. The number of anilines is 3. The van der Waals surface area contributed by atoms with Crippen molar-refractivity contribution in [3.63, 3.8) is 0 Å². The van der Waals surface area contributed by atoms with Gasteiger partial charge in [0.05, 0.1) is 6.61 Å². The second kappa shape index (κ2) is 7.48. The topological polar surface area (TPSA) is 89.3 Å². The molecule has 7 nitrogen and oxygen atoms in total. The lowest BCUT2D eigenvalue weighted by atomic mass is 10.2. The van der Waals surface area contributed by atoms with Crippen LogP contribution in [0.3, 0.4) is 0 Å². The first-order valence-corrected chi connectivity index (χ1v) is 7.84. The highest BCUT2D eigenvalue weighted by atomic mass is 16.5. The van der Waals surface area contributed by atoms with Crippen molar-refractivity contribution in [1.82, 2.24) is 10.1 Å². The number of aromatic nitrogens is 2. The highest BCUT2D eigenvalue weighted by Gasteiger charge is 2.09. The third-order valence-corrected chi connectivity index (χ3v) is 3.32. The van der Waals surface area contributed by atoms with E-state index in [1.807, 2.05) is 6.92 Å². The van der Waals surface area contributed by atoms with Gasteiger partial charge in [-0.05, 0) is 50.2 Å². The smallest absolute Gasteiger partial charge is 0.274 e. The van der Waals surface area contributed by atoms with Crippen molar-refractivity contribution in [3.05, 3.63) is 60.1 Å². The summed E-state index contributed by atoms with van der Waals surface area (Å²) in [6, 6.07) is 12.3. The van der Waals surface area contributed by atoms with E-state index in [1.54, 1.807) is 55.6 Å². The lowest BCUT2D eigenvalue weighted by molar-refractivity contribution is 0.102. The van der Waals surface area contributed by atoms with Crippen LogP contribution in [0.15, 0.2) is 53.2 Å². The van der Waals surface area contributed by atoms with Gasteiger partial charge in [0.1, 0.15) is 17.2 Å². The fourth-order valence-corrected chi connectivity index (χ4v) is 2.20. The van der Waals surface area contributed by atoms with Crippen molar-refractivity contribution in [1.29, 1.82) is 0 Å². The zero-order chi connectivity index (χ0) is 17.6. The zero-order valence-electron chi connectivity index (χ0n) is 13.9. The Bertz CT molecular complexity index is 859. The van der Waals surface area contributed by atoms with Crippen molar-refractivity contribution in [2.45, 2.75) is 13.8 Å². The molecule has 1 amide bonds. The summed E-state index contributed by atoms with van der Waals surface area (Å²) >= 11 is 0. The fourth-order valence-electron chi connectivity index (χ4n) is 2.20. The van der Waals surface area contributed by atoms with E-state index in [4.69, 9.17) is 9.26 Å². The highest BCUT2D eigenvalue weighted by molar-refractivity contribution is 6.03. The lowest BCUT2D eigenvalue weighted by Gasteiger charge is -2.08. The Morgan fingerprint density at radius 3 is 2.64 bits per heavy atom. The average molecular weight is 338 g/mol. The van der Waals surface area contributed by atoms with E-state index < -0.39 is 0 Å². The van der Waals surface area contributed by atoms with E-state index in [0.29, 0.717) is 35.3 Å². The molecule has 1 aromatic carbocycles. The monoisotopic (exact) mass is 338 g/mol. The highest BCUT2D eigenvalue weighted by Crippen LogP contribution is 2.18. The molecule has 0 fully saturated rings. The molecular weight excluding hydrogens is 320 g/mol. The maximum Gasteiger partial charge on any atom is 0.274 e. The number of carbonyl (C=O) groups is 1. The molecule has 0 radical (unpaired) electrons. The summed E-state index contributed by atoms with van der Waals surface area (Å²) in [6.45, 7) is 4.32. The summed E-state index contributed by atoms with van der Waals surface area (Å²) in [5, 5.41) is 9.73. The number of hydrogen-bond donors (Lipinski definition) is 2. The first-order chi connectivity index (χ1) is 12.1. The molecule has 0 unspecified atom stereocenters. The van der Waals surface area contributed by atoms with Gasteiger partial charge in [0, 0.05) is 23.6 Å². The van der Waals surface area contributed by atoms with Gasteiger partial charge in [-0.15, -0.1) is 0 Å². The Kier molecular flexibility index (Phi) is 4.94. The Balaban J connectivity index is 1.68. The normalized spacial score (nSPS) is 10.3. The van der Waals surface area contributed by atoms with Crippen molar-refractivity contribution in [2.75, 3.05) is 17.2 Å². The Morgan fingerprint density at radius 1 is 1.16 bits per heavy atom. The van der Waals surface area contributed by atoms with Gasteiger partial charge in [-0.3, -0.25) is 9.78 Å². The van der Waals surface area contributed by atoms with Crippen LogP contribution in [0.2, 0.25) is 0 Å². The predicted molar refractivity (Wildman–Crippen MR) is 94.3 cm³/mol. The van der Waals surface area contributed by atoms with Gasteiger partial charge in [-0.2, -0.15) is 0 Å². The van der Waals surface area contributed by atoms with E-state index in [2.05, 4.69) is 20.8 Å². The minimum absolute atomic E-state index is 0.291. The quantitative estimate of drug-likeness (QED) is 0.711. The molecule has 0 saturated heterocycles. The number of nitrogens with one attached hydrogen (secondary N) is 2. The molecule has 128 valence electrons. The van der Waals surface area contributed by atoms with Gasteiger partial charge >= 0.3 is 0 Å². The molecule has 0 saturated carbocycles. The number of ether oxygens (including phenoxy) is 1. The van der Waals surface area contributed by atoms with Gasteiger partial charge in [-0.25, -0.2) is 0 Å². The van der Waals surface area contributed by atoms with Crippen LogP contribution in [0.5, 0.6) is 5.75 Å². The molecule has 3 rings (SSSR count). The number of nitrogens with zero attached hydrogens (tertiary/aromatic N) is 2. The molecule has 2 N–H and O–H groups in total. The second-order valence-corrected chi connectivity index (χ2v) is 5.29. The minimum Gasteiger partial charge on any atom is -0.494 e. The summed E-state index contributed by atoms with van der Waals surface area (Å²) in [6.07, 6.45) is 1.56. The van der Waals surface area contributed by atoms with Gasteiger partial charge in [0.15, 0.2) is 5.82 Å². The molecule has 2 heterocycles. The van der Waals surface area contributed by atoms with E-state index in [0.717, 1.165) is 5.75 Å². The summed E-state index contributed by atoms with van der Waals surface area (Å²) in [7, 11) is 0. The fraction of sp³-hybridized carbons (Fsp3) is 0.167. The van der Waals surface area contributed by atoms with Crippen LogP contribution in [0, 0.1) is 6.92 Å². The largest absolute Gasteiger partial charge is 0.494 e. The third-order valence-electron chi connectivity index (χ3n) is 3.32. The minimum atomic E-state index is -0.302. The molecule has 0 aliphatic heterocycles. The van der Waals surface area contributed by atoms with Crippen molar-refractivity contribution >= 4 is 23.1 Å². The Labute approximate surface area is 145 Å². The molecule has 7 heteroatoms. The summed E-state index contributed by atoms with van der Waals surface area (Å²) in [5.41, 5.74) is 1.65. The molecule has 0 aliphatic carbocycles. The zero-order valence-corrected chi connectivity index (χ0v) is 13.9. The molecule has 0 aliphatic rings. The standard InChI is InChI=1S/C18H18N4O3/c1-3-24-15-6-4-13(5-7-15)21-18(23)16-11-14(8-9-19-16)20-17-10-12(2)25-22-17/h4-11H,3H2,1-2H3,(H,21,23)(H,19,20,22). The van der Waals surface area contributed by atoms with Crippen LogP contribution in [-0.4, -0.2) is 22.7 Å². The summed E-state index contributed by atoms with van der Waals surface area (Å²) in [4.78, 5) is 16.5. The van der Waals surface area contributed by atoms with Crippen LogP contribution >= 0.6 is 0 Å². The first-order valence-electron chi connectivity index (χ1n) is 7.84. The van der Waals surface area contributed by atoms with Crippen LogP contribution in [-0.2, 0) is 0 Å². The molecule has 2 aromatic heterocycles. The average Bonchev–Trinajstić information content (AvgIpc) is 3.02. The third kappa shape index (κ3) is 4.35. The van der Waals surface area contributed by atoms with Crippen LogP contribution in [0.25, 0.3) is 0 Å². The van der Waals surface area contributed by atoms with Crippen LogP contribution < -0.4 is 15.4 Å². The number of amides is 1. The van der Waals surface area contributed by atoms with Gasteiger partial charge < -0.3 is 19.9 Å². The molecular formula is C18H18N4O3. The molecule has 3 aromatic rings. The molecule has 25 heavy (non-hydrogen) atoms. The maximum absolute atomic E-state index is 12.4. The summed E-state index contributed by atoms with van der Waals surface area (Å²) < 4.78 is 10.4. The van der Waals surface area contributed by atoms with Crippen molar-refractivity contribution in [2.24, 2.45) is 0 Å². The molecule has 0 atom stereocenters. The number of pyridine rings is 1. The number of aryl methyl sites for hydroxylation is 1. The number of hydrogen-bond acceptors (Lipinski definition) is 6. The van der Waals surface area contributed by atoms with Gasteiger partial charge in [0.25, 0.3) is 5.91 Å². The van der Waals surface area contributed by atoms with Crippen molar-refractivity contribution < 1.29 is 14.1 Å². The van der Waals surface area contributed by atoms with E-state index >= 15 is 0 Å². The predicted octanol–water partition coefficient (Wildman–Crippen LogP) is 3.77. The van der Waals surface area contributed by atoms with Crippen LogP contribution in [0.1, 0.15) is 23.2 Å². The second-order valence-electron chi connectivity index (χ2n) is 5.29. The van der Waals surface area contributed by atoms with E-state index in [1.165, 1.54) is 0 Å². The van der Waals surface area contributed by atoms with E-state index in [9.17, 15) is 4.79 Å². The first kappa shape index (κ1) is 16.5. The number of benzene rings is 1. The number of carbonyl (C=O) groups excluding carboxylic acids is 1. The van der Waals surface area contributed by atoms with Gasteiger partial charge in [0.2, 0.25) is 0 Å².